The van der Waals surface area contributed by atoms with Gasteiger partial charge in [0.05, 0.1) is 16.1 Å². The summed E-state index contributed by atoms with van der Waals surface area (Å²) in [4.78, 5) is 35.3. The van der Waals surface area contributed by atoms with E-state index in [1.165, 1.54) is 23.6 Å². The molecule has 2 aromatic heterocycles. The van der Waals surface area contributed by atoms with Crippen LogP contribution < -0.4 is 9.64 Å². The summed E-state index contributed by atoms with van der Waals surface area (Å²) in [6.45, 7) is 2.66. The number of hydrogen-bond donors (Lipinski definition) is 0. The lowest BCUT2D eigenvalue weighted by molar-refractivity contribution is -0.385. The SMILES string of the molecule is O=C(c1cccc(OCc2cscn2)c1)N1CCN(c2ccc([N+](=O)[O-])cn2)CC1. The Kier molecular flexibility index (Phi) is 5.84. The average molecular weight is 425 g/mol. The van der Waals surface area contributed by atoms with E-state index < -0.39 is 4.92 Å². The summed E-state index contributed by atoms with van der Waals surface area (Å²) in [6.07, 6.45) is 1.25. The van der Waals surface area contributed by atoms with Crippen LogP contribution in [0.1, 0.15) is 16.1 Å². The first kappa shape index (κ1) is 19.8. The highest BCUT2D eigenvalue weighted by Crippen LogP contribution is 2.20. The molecule has 0 radical (unpaired) electrons. The highest BCUT2D eigenvalue weighted by atomic mass is 32.1. The van der Waals surface area contributed by atoms with Gasteiger partial charge < -0.3 is 14.5 Å². The minimum absolute atomic E-state index is 0.0376. The zero-order chi connectivity index (χ0) is 20.9. The second-order valence-electron chi connectivity index (χ2n) is 6.71. The Bertz CT molecular complexity index is 1020. The van der Waals surface area contributed by atoms with Crippen molar-refractivity contribution in [1.82, 2.24) is 14.9 Å². The van der Waals surface area contributed by atoms with Gasteiger partial charge in [-0.05, 0) is 24.3 Å². The molecule has 0 aliphatic carbocycles. The van der Waals surface area contributed by atoms with Crippen LogP contribution in [0.4, 0.5) is 11.5 Å². The van der Waals surface area contributed by atoms with E-state index in [2.05, 4.69) is 9.97 Å². The van der Waals surface area contributed by atoms with Crippen molar-refractivity contribution in [1.29, 1.82) is 0 Å². The lowest BCUT2D eigenvalue weighted by atomic mass is 10.1. The number of thiazole rings is 1. The first-order valence-electron chi connectivity index (χ1n) is 9.35. The van der Waals surface area contributed by atoms with E-state index in [4.69, 9.17) is 4.74 Å². The van der Waals surface area contributed by atoms with Crippen LogP contribution in [0, 0.1) is 10.1 Å². The molecule has 0 bridgehead atoms. The number of carbonyl (C=O) groups excluding carboxylic acids is 1. The number of nitrogens with zero attached hydrogens (tertiary/aromatic N) is 5. The van der Waals surface area contributed by atoms with Crippen LogP contribution >= 0.6 is 11.3 Å². The van der Waals surface area contributed by atoms with E-state index in [-0.39, 0.29) is 11.6 Å². The summed E-state index contributed by atoms with van der Waals surface area (Å²) in [6, 6.07) is 10.2. The number of pyridine rings is 1. The minimum Gasteiger partial charge on any atom is -0.487 e. The van der Waals surface area contributed by atoms with Crippen molar-refractivity contribution in [2.24, 2.45) is 0 Å². The molecule has 1 fully saturated rings. The minimum atomic E-state index is -0.470. The standard InChI is InChI=1S/C20H19N5O4S/c26-20(15-2-1-3-18(10-15)29-12-16-13-30-14-22-16)24-8-6-23(7-9-24)19-5-4-17(11-21-19)25(27)28/h1-5,10-11,13-14H,6-9,12H2. The summed E-state index contributed by atoms with van der Waals surface area (Å²) in [5.74, 6) is 1.25. The van der Waals surface area contributed by atoms with Crippen LogP contribution in [-0.4, -0.2) is 51.9 Å². The number of ether oxygens (including phenoxy) is 1. The van der Waals surface area contributed by atoms with Crippen molar-refractivity contribution in [2.75, 3.05) is 31.1 Å². The predicted octanol–water partition coefficient (Wildman–Crippen LogP) is 2.99. The van der Waals surface area contributed by atoms with Gasteiger partial charge in [0.25, 0.3) is 11.6 Å². The zero-order valence-electron chi connectivity index (χ0n) is 16.0. The number of aromatic nitrogens is 2. The van der Waals surface area contributed by atoms with Gasteiger partial charge in [-0.25, -0.2) is 9.97 Å². The quantitative estimate of drug-likeness (QED) is 0.442. The zero-order valence-corrected chi connectivity index (χ0v) is 16.8. The number of piperazine rings is 1. The molecule has 0 N–H and O–H groups in total. The molecule has 0 atom stereocenters. The van der Waals surface area contributed by atoms with Gasteiger partial charge in [-0.1, -0.05) is 6.07 Å². The van der Waals surface area contributed by atoms with Gasteiger partial charge in [-0.2, -0.15) is 0 Å². The molecule has 10 heteroatoms. The van der Waals surface area contributed by atoms with E-state index in [0.717, 1.165) is 5.69 Å². The summed E-state index contributed by atoms with van der Waals surface area (Å²) in [5, 5.41) is 12.7. The first-order chi connectivity index (χ1) is 14.6. The van der Waals surface area contributed by atoms with Crippen molar-refractivity contribution >= 4 is 28.7 Å². The van der Waals surface area contributed by atoms with E-state index in [0.29, 0.717) is 49.9 Å². The largest absolute Gasteiger partial charge is 0.487 e. The van der Waals surface area contributed by atoms with Gasteiger partial charge in [0.1, 0.15) is 24.4 Å². The molecule has 1 aliphatic heterocycles. The lowest BCUT2D eigenvalue weighted by Gasteiger charge is -2.35. The molecule has 0 saturated carbocycles. The van der Waals surface area contributed by atoms with E-state index in [9.17, 15) is 14.9 Å². The monoisotopic (exact) mass is 425 g/mol. The van der Waals surface area contributed by atoms with Crippen LogP contribution in [0.3, 0.4) is 0 Å². The van der Waals surface area contributed by atoms with E-state index in [1.807, 2.05) is 16.3 Å². The Morgan fingerprint density at radius 3 is 2.67 bits per heavy atom. The Hall–Kier alpha value is -3.53. The third kappa shape index (κ3) is 4.54. The summed E-state index contributed by atoms with van der Waals surface area (Å²) in [7, 11) is 0. The van der Waals surface area contributed by atoms with Crippen molar-refractivity contribution in [3.63, 3.8) is 0 Å². The van der Waals surface area contributed by atoms with Crippen molar-refractivity contribution < 1.29 is 14.5 Å². The molecule has 9 nitrogen and oxygen atoms in total. The second kappa shape index (κ2) is 8.87. The maximum absolute atomic E-state index is 12.9. The molecule has 1 aromatic carbocycles. The Morgan fingerprint density at radius 1 is 1.17 bits per heavy atom. The van der Waals surface area contributed by atoms with E-state index >= 15 is 0 Å². The molecule has 4 rings (SSSR count). The highest BCUT2D eigenvalue weighted by molar-refractivity contribution is 7.07. The maximum Gasteiger partial charge on any atom is 0.287 e. The second-order valence-corrected chi connectivity index (χ2v) is 7.43. The van der Waals surface area contributed by atoms with Crippen molar-refractivity contribution in [2.45, 2.75) is 6.61 Å². The normalized spacial score (nSPS) is 13.9. The van der Waals surface area contributed by atoms with Crippen LogP contribution in [0.2, 0.25) is 0 Å². The molecule has 1 amide bonds. The van der Waals surface area contributed by atoms with E-state index in [1.54, 1.807) is 34.7 Å². The van der Waals surface area contributed by atoms with Crippen molar-refractivity contribution in [3.8, 4) is 5.75 Å². The highest BCUT2D eigenvalue weighted by Gasteiger charge is 2.23. The summed E-state index contributed by atoms with van der Waals surface area (Å²) >= 11 is 1.51. The third-order valence-electron chi connectivity index (χ3n) is 4.79. The number of amides is 1. The summed E-state index contributed by atoms with van der Waals surface area (Å²) in [5.41, 5.74) is 3.15. The number of hydrogen-bond acceptors (Lipinski definition) is 8. The third-order valence-corrected chi connectivity index (χ3v) is 5.42. The van der Waals surface area contributed by atoms with Crippen LogP contribution in [-0.2, 0) is 6.61 Å². The topological polar surface area (TPSA) is 102 Å². The molecular formula is C20H19N5O4S. The molecule has 1 saturated heterocycles. The number of carbonyl (C=O) groups is 1. The maximum atomic E-state index is 12.9. The van der Waals surface area contributed by atoms with Crippen molar-refractivity contribution in [3.05, 3.63) is 74.9 Å². The Morgan fingerprint density at radius 2 is 2.00 bits per heavy atom. The molecule has 0 unspecified atom stereocenters. The molecule has 3 aromatic rings. The van der Waals surface area contributed by atoms with Gasteiger partial charge in [0.2, 0.25) is 0 Å². The number of rotatable bonds is 6. The Balaban J connectivity index is 1.34. The number of nitro groups is 1. The fourth-order valence-electron chi connectivity index (χ4n) is 3.18. The molecule has 3 heterocycles. The first-order valence-corrected chi connectivity index (χ1v) is 10.3. The van der Waals surface area contributed by atoms with Gasteiger partial charge in [-0.3, -0.25) is 14.9 Å². The number of benzene rings is 1. The van der Waals surface area contributed by atoms with Gasteiger partial charge >= 0.3 is 0 Å². The smallest absolute Gasteiger partial charge is 0.287 e. The predicted molar refractivity (Wildman–Crippen MR) is 112 cm³/mol. The Labute approximate surface area is 176 Å². The van der Waals surface area contributed by atoms with Crippen LogP contribution in [0.5, 0.6) is 5.75 Å². The lowest BCUT2D eigenvalue weighted by Crippen LogP contribution is -2.49. The fourth-order valence-corrected chi connectivity index (χ4v) is 3.72. The molecular weight excluding hydrogens is 406 g/mol. The molecule has 1 aliphatic rings. The van der Waals surface area contributed by atoms with Crippen LogP contribution in [0.15, 0.2) is 53.5 Å². The van der Waals surface area contributed by atoms with Crippen LogP contribution in [0.25, 0.3) is 0 Å². The van der Waals surface area contributed by atoms with Gasteiger partial charge in [-0.15, -0.1) is 11.3 Å². The van der Waals surface area contributed by atoms with Gasteiger partial charge in [0.15, 0.2) is 0 Å². The molecule has 30 heavy (non-hydrogen) atoms. The van der Waals surface area contributed by atoms with Gasteiger partial charge in [0, 0.05) is 43.2 Å². The molecule has 154 valence electrons. The molecule has 0 spiro atoms. The fraction of sp³-hybridized carbons (Fsp3) is 0.250. The summed E-state index contributed by atoms with van der Waals surface area (Å²) < 4.78 is 5.74. The average Bonchev–Trinajstić information content (AvgIpc) is 3.31. The number of anilines is 1.